The highest BCUT2D eigenvalue weighted by Gasteiger charge is 2.56. The summed E-state index contributed by atoms with van der Waals surface area (Å²) >= 11 is 0. The number of hydrogen-bond donors (Lipinski definition) is 0. The van der Waals surface area contributed by atoms with Gasteiger partial charge in [0.1, 0.15) is 0 Å². The lowest BCUT2D eigenvalue weighted by Crippen LogP contribution is -2.65. The van der Waals surface area contributed by atoms with Gasteiger partial charge in [-0.15, -0.1) is 0 Å². The lowest BCUT2D eigenvalue weighted by Gasteiger charge is -2.52. The van der Waals surface area contributed by atoms with Gasteiger partial charge < -0.3 is 14.4 Å². The minimum atomic E-state index is -0.951. The van der Waals surface area contributed by atoms with Gasteiger partial charge in [-0.25, -0.2) is 0 Å². The van der Waals surface area contributed by atoms with E-state index in [1.165, 1.54) is 155 Å². The predicted molar refractivity (Wildman–Crippen MR) is 479 cm³/mol. The van der Waals surface area contributed by atoms with Crippen molar-refractivity contribution in [1.29, 1.82) is 0 Å². The third-order valence-electron chi connectivity index (χ3n) is 24.7. The molecule has 3 aliphatic heterocycles. The van der Waals surface area contributed by atoms with Crippen molar-refractivity contribution in [2.45, 2.75) is 189 Å². The third-order valence-corrected chi connectivity index (χ3v) is 24.7. The molecule has 0 N–H and O–H groups in total. The fourth-order valence-electron chi connectivity index (χ4n) is 18.2. The zero-order chi connectivity index (χ0) is 78.2. The van der Waals surface area contributed by atoms with Crippen molar-refractivity contribution in [2.24, 2.45) is 0 Å². The van der Waals surface area contributed by atoms with Crippen LogP contribution in [-0.2, 0) is 43.3 Å². The van der Waals surface area contributed by atoms with Gasteiger partial charge in [-0.2, -0.15) is 0 Å². The molecule has 1 aromatic heterocycles. The molecule has 0 fully saturated rings. The lowest BCUT2D eigenvalue weighted by atomic mass is 9.29. The molecule has 1 spiro atoms. The molecule has 3 nitrogen and oxygen atoms in total. The van der Waals surface area contributed by atoms with Crippen LogP contribution < -0.4 is 26.2 Å². The van der Waals surface area contributed by atoms with E-state index >= 15 is 0 Å². The van der Waals surface area contributed by atoms with Crippen molar-refractivity contribution in [3.05, 3.63) is 334 Å². The van der Waals surface area contributed by atoms with Gasteiger partial charge in [0.05, 0.1) is 33.5 Å². The molecule has 3 aliphatic rings. The highest BCUT2D eigenvalue weighted by Crippen LogP contribution is 2.61. The minimum absolute atomic E-state index is 0.0636. The van der Waals surface area contributed by atoms with Crippen LogP contribution in [0.2, 0.25) is 0 Å². The summed E-state index contributed by atoms with van der Waals surface area (Å²) in [6, 6.07) is 108. The third kappa shape index (κ3) is 12.2. The number of anilines is 6. The summed E-state index contributed by atoms with van der Waals surface area (Å²) in [6.07, 6.45) is 0. The second kappa shape index (κ2) is 25.7. The normalized spacial score (nSPS) is 14.2. The fraction of sp³-hybridized carbons (Fsp3) is 0.271. The van der Waals surface area contributed by atoms with Crippen LogP contribution in [0.3, 0.4) is 0 Å². The summed E-state index contributed by atoms with van der Waals surface area (Å²) in [5, 5.41) is 2.55. The Labute approximate surface area is 662 Å². The first-order chi connectivity index (χ1) is 52.5. The predicted octanol–water partition coefficient (Wildman–Crippen LogP) is 27.3. The Kier molecular flexibility index (Phi) is 16.9. The van der Waals surface area contributed by atoms with Gasteiger partial charge in [0.25, 0.3) is 0 Å². The van der Waals surface area contributed by atoms with E-state index in [0.29, 0.717) is 0 Å². The summed E-state index contributed by atoms with van der Waals surface area (Å²) < 4.78 is 2.61. The molecule has 0 saturated carbocycles. The van der Waals surface area contributed by atoms with E-state index in [9.17, 15) is 0 Å². The van der Waals surface area contributed by atoms with Gasteiger partial charge in [-0.1, -0.05) is 333 Å². The summed E-state index contributed by atoms with van der Waals surface area (Å²) in [5.41, 5.74) is 36.2. The van der Waals surface area contributed by atoms with Gasteiger partial charge in [-0.3, -0.25) is 0 Å². The van der Waals surface area contributed by atoms with E-state index < -0.39 is 5.41 Å². The average molecular weight is 1450 g/mol. The SMILES string of the molecule is CC(C)(C)c1cc(-c2ccc3c(c2)N(c2c(-c4ccccc4)cc(C(C)(C)C)cc2-c2ccccc2)c2cc(-c4cc(C(C)(C)C)cc(C(C)(C)C)c4)cc4c2B3c2ccc(-n3c5ccc(C(C)(C)C)cc5c5cc(C(C)(C)C)ccc53)cc2C42c3ccccc3N(c3ccccc3)c3ccccc32)cc(C(C)(C)C)c1. The maximum absolute atomic E-state index is 2.80. The van der Waals surface area contributed by atoms with Gasteiger partial charge in [0.15, 0.2) is 0 Å². The summed E-state index contributed by atoms with van der Waals surface area (Å²) in [5.74, 6) is 0. The van der Waals surface area contributed by atoms with Gasteiger partial charge in [-0.05, 0) is 234 Å². The molecule has 0 atom stereocenters. The van der Waals surface area contributed by atoms with E-state index in [1.54, 1.807) is 0 Å². The molecule has 4 heterocycles. The lowest BCUT2D eigenvalue weighted by molar-refractivity contribution is 0.568. The average Bonchev–Trinajstić information content (AvgIpc) is 0.914. The molecule has 0 radical (unpaired) electrons. The molecular weight excluding hydrogens is 1340 g/mol. The van der Waals surface area contributed by atoms with Crippen molar-refractivity contribution < 1.29 is 0 Å². The van der Waals surface area contributed by atoms with Crippen LogP contribution in [-0.4, -0.2) is 11.3 Å². The molecule has 14 aromatic rings. The highest BCUT2D eigenvalue weighted by molar-refractivity contribution is 6.99. The Balaban J connectivity index is 1.10. The van der Waals surface area contributed by atoms with E-state index in [-0.39, 0.29) is 44.6 Å². The summed E-state index contributed by atoms with van der Waals surface area (Å²) in [7, 11) is 0. The molecule has 111 heavy (non-hydrogen) atoms. The van der Waals surface area contributed by atoms with Crippen molar-refractivity contribution in [3.8, 4) is 50.2 Å². The summed E-state index contributed by atoms with van der Waals surface area (Å²) in [6.45, 7) is 49.5. The monoisotopic (exact) mass is 1450 g/mol. The molecule has 0 bridgehead atoms. The van der Waals surface area contributed by atoms with E-state index in [4.69, 9.17) is 0 Å². The number of fused-ring (bicyclic) bond motifs is 13. The maximum Gasteiger partial charge on any atom is 0.247 e. The zero-order valence-corrected chi connectivity index (χ0v) is 69.4. The zero-order valence-electron chi connectivity index (χ0n) is 69.4. The highest BCUT2D eigenvalue weighted by atomic mass is 15.2. The van der Waals surface area contributed by atoms with Gasteiger partial charge >= 0.3 is 0 Å². The van der Waals surface area contributed by atoms with E-state index in [0.717, 1.165) is 28.4 Å². The second-order valence-corrected chi connectivity index (χ2v) is 39.5. The molecule has 0 aliphatic carbocycles. The molecule has 0 amide bonds. The molecular formula is C107H108BN3. The van der Waals surface area contributed by atoms with Crippen LogP contribution in [0.4, 0.5) is 34.1 Å². The fourth-order valence-corrected chi connectivity index (χ4v) is 18.2. The van der Waals surface area contributed by atoms with Crippen LogP contribution in [0.15, 0.2) is 273 Å². The van der Waals surface area contributed by atoms with E-state index in [2.05, 4.69) is 433 Å². The molecule has 554 valence electrons. The first-order valence-electron chi connectivity index (χ1n) is 40.5. The first kappa shape index (κ1) is 73.1. The van der Waals surface area contributed by atoms with Crippen molar-refractivity contribution >= 4 is 79.0 Å². The number of para-hydroxylation sites is 3. The van der Waals surface area contributed by atoms with E-state index in [1.807, 2.05) is 0 Å². The number of aromatic nitrogens is 1. The quantitative estimate of drug-likeness (QED) is 0.147. The van der Waals surface area contributed by atoms with Crippen molar-refractivity contribution in [2.75, 3.05) is 9.80 Å². The number of benzene rings is 13. The first-order valence-corrected chi connectivity index (χ1v) is 40.5. The topological polar surface area (TPSA) is 11.4 Å². The molecule has 0 saturated heterocycles. The van der Waals surface area contributed by atoms with Gasteiger partial charge in [0.2, 0.25) is 6.71 Å². The Morgan fingerprint density at radius 1 is 0.243 bits per heavy atom. The minimum Gasteiger partial charge on any atom is -0.310 e. The van der Waals surface area contributed by atoms with Gasteiger partial charge in [0, 0.05) is 44.6 Å². The number of hydrogen-bond acceptors (Lipinski definition) is 2. The van der Waals surface area contributed by atoms with Crippen LogP contribution in [0.25, 0.3) is 72.0 Å². The molecule has 17 rings (SSSR count). The Morgan fingerprint density at radius 3 is 1.10 bits per heavy atom. The Morgan fingerprint density at radius 2 is 0.640 bits per heavy atom. The molecule has 4 heteroatoms. The van der Waals surface area contributed by atoms with Crippen molar-refractivity contribution in [1.82, 2.24) is 4.57 Å². The van der Waals surface area contributed by atoms with Crippen LogP contribution in [0.5, 0.6) is 0 Å². The van der Waals surface area contributed by atoms with Crippen LogP contribution >= 0.6 is 0 Å². The van der Waals surface area contributed by atoms with Crippen LogP contribution in [0, 0.1) is 0 Å². The Bertz CT molecular complexity index is 5810. The molecule has 0 unspecified atom stereocenters. The van der Waals surface area contributed by atoms with Crippen LogP contribution in [0.1, 0.15) is 207 Å². The number of rotatable bonds is 7. The summed E-state index contributed by atoms with van der Waals surface area (Å²) in [4.78, 5) is 5.35. The van der Waals surface area contributed by atoms with Crippen molar-refractivity contribution in [3.63, 3.8) is 0 Å². The Hall–Kier alpha value is -10.7. The largest absolute Gasteiger partial charge is 0.310 e. The standard InChI is InChI=1S/C107H108BN3/c1-100(2,3)73-46-51-92-84(62-73)85-63-74(101(4,5)6)47-52-93(85)110(92)81-48-50-90-88(66-81)107(86-41-31-33-43-94(86)109(80-39-29-24-30-40-80)95-44-34-32-42-87(95)107)89-57-72(71-55-77(104(13,14)15)61-78(56-71)105(16,17)18)59-97-98(89)108(90)91-49-45-69(70-53-75(102(7,8)9)60-76(54-70)103(10,11)12)58-96(91)111(97)99-82(67-35-25-22-26-36-67)64-79(106(19,20)21)65-83(99)68-37-27-23-28-38-68/h22-66H,1-21H3. The number of nitrogens with zero attached hydrogens (tertiary/aromatic N) is 3. The second-order valence-electron chi connectivity index (χ2n) is 39.5. The smallest absolute Gasteiger partial charge is 0.247 e. The molecule has 13 aromatic carbocycles. The maximum atomic E-state index is 2.80.